The van der Waals surface area contributed by atoms with E-state index in [0.717, 1.165) is 24.2 Å². The van der Waals surface area contributed by atoms with Crippen LogP contribution < -0.4 is 0 Å². The average molecular weight is 430 g/mol. The third kappa shape index (κ3) is 5.70. The van der Waals surface area contributed by atoms with Crippen molar-refractivity contribution in [3.63, 3.8) is 0 Å². The second-order valence-corrected chi connectivity index (χ2v) is 9.05. The minimum atomic E-state index is -3.83. The van der Waals surface area contributed by atoms with E-state index in [1.807, 2.05) is 20.8 Å². The molecule has 0 bridgehead atoms. The van der Waals surface area contributed by atoms with Crippen LogP contribution in [0.1, 0.15) is 50.4 Å². The normalized spacial score (nSPS) is 13.5. The number of amidine groups is 1. The van der Waals surface area contributed by atoms with Crippen LogP contribution in [-0.4, -0.2) is 50.2 Å². The molecular weight excluding hydrogens is 394 g/mol. The van der Waals surface area contributed by atoms with Crippen LogP contribution in [0.15, 0.2) is 57.8 Å². The van der Waals surface area contributed by atoms with Crippen molar-refractivity contribution in [1.82, 2.24) is 9.80 Å². The number of aryl methyl sites for hydroxylation is 2. The predicted octanol–water partition coefficient (Wildman–Crippen LogP) is 4.82. The van der Waals surface area contributed by atoms with Gasteiger partial charge in [0.1, 0.15) is 5.84 Å². The van der Waals surface area contributed by atoms with Crippen molar-refractivity contribution in [2.45, 2.75) is 52.5 Å². The number of rotatable bonds is 9. The Morgan fingerprint density at radius 2 is 1.27 bits per heavy atom. The summed E-state index contributed by atoms with van der Waals surface area (Å²) >= 11 is 0. The summed E-state index contributed by atoms with van der Waals surface area (Å²) < 4.78 is 30.9. The molecule has 0 aromatic heterocycles. The molecule has 6 heteroatoms. The Labute approximate surface area is 182 Å². The van der Waals surface area contributed by atoms with Crippen molar-refractivity contribution in [1.29, 1.82) is 0 Å². The van der Waals surface area contributed by atoms with Crippen LogP contribution in [0.5, 0.6) is 0 Å². The van der Waals surface area contributed by atoms with E-state index in [4.69, 9.17) is 0 Å². The van der Waals surface area contributed by atoms with E-state index in [2.05, 4.69) is 59.2 Å². The molecule has 0 aliphatic rings. The van der Waals surface area contributed by atoms with E-state index in [1.54, 1.807) is 24.3 Å². The Hall–Kier alpha value is -2.18. The van der Waals surface area contributed by atoms with Gasteiger partial charge in [0.25, 0.3) is 10.0 Å². The maximum Gasteiger partial charge on any atom is 0.284 e. The van der Waals surface area contributed by atoms with E-state index in [0.29, 0.717) is 18.9 Å². The average Bonchev–Trinajstić information content (AvgIpc) is 2.73. The number of nitrogens with zero attached hydrogens (tertiary/aromatic N) is 3. The van der Waals surface area contributed by atoms with Crippen molar-refractivity contribution >= 4 is 15.9 Å². The van der Waals surface area contributed by atoms with Gasteiger partial charge in [0.05, 0.1) is 10.9 Å². The van der Waals surface area contributed by atoms with E-state index < -0.39 is 10.0 Å². The van der Waals surface area contributed by atoms with Crippen LogP contribution in [0.3, 0.4) is 0 Å². The maximum absolute atomic E-state index is 13.2. The zero-order chi connectivity index (χ0) is 22.3. The fourth-order valence-electron chi connectivity index (χ4n) is 3.57. The van der Waals surface area contributed by atoms with Gasteiger partial charge in [-0.3, -0.25) is 4.90 Å². The first-order chi connectivity index (χ1) is 14.3. The lowest BCUT2D eigenvalue weighted by Crippen LogP contribution is -2.43. The molecule has 0 saturated heterocycles. The van der Waals surface area contributed by atoms with E-state index in [9.17, 15) is 8.42 Å². The minimum absolute atomic E-state index is 0.222. The number of hydrogen-bond donors (Lipinski definition) is 0. The van der Waals surface area contributed by atoms with Gasteiger partial charge in [-0.15, -0.1) is 4.40 Å². The molecule has 30 heavy (non-hydrogen) atoms. The molecule has 0 N–H and O–H groups in total. The van der Waals surface area contributed by atoms with Gasteiger partial charge in [-0.05, 0) is 58.5 Å². The molecule has 0 heterocycles. The van der Waals surface area contributed by atoms with Crippen LogP contribution in [0.25, 0.3) is 0 Å². The summed E-state index contributed by atoms with van der Waals surface area (Å²) in [5.74, 6) is 0.577. The molecule has 0 saturated carbocycles. The van der Waals surface area contributed by atoms with Crippen molar-refractivity contribution < 1.29 is 8.42 Å². The second kappa shape index (κ2) is 10.7. The summed E-state index contributed by atoms with van der Waals surface area (Å²) in [7, 11) is -3.83. The molecule has 0 aliphatic carbocycles. The van der Waals surface area contributed by atoms with Gasteiger partial charge in [-0.25, -0.2) is 0 Å². The lowest BCUT2D eigenvalue weighted by Gasteiger charge is -2.36. The van der Waals surface area contributed by atoms with Crippen LogP contribution >= 0.6 is 0 Å². The molecule has 164 valence electrons. The van der Waals surface area contributed by atoms with Crippen LogP contribution in [0.2, 0.25) is 0 Å². The standard InChI is InChI=1S/C24H35N3O2S/c1-7-26(8-2)23(21-15-11-19(5)12-16-21)24(27(9-3)10-4)25-30(28,29)22-17-13-20(6)14-18-22/h11-18,23H,7-10H2,1-6H3/b25-24-. The summed E-state index contributed by atoms with van der Waals surface area (Å²) in [6.45, 7) is 15.2. The molecule has 1 unspecified atom stereocenters. The highest BCUT2D eigenvalue weighted by atomic mass is 32.2. The summed E-state index contributed by atoms with van der Waals surface area (Å²) in [5.41, 5.74) is 3.24. The number of likely N-dealkylation sites (N-methyl/N-ethyl adjacent to an activating group) is 2. The monoisotopic (exact) mass is 429 g/mol. The lowest BCUT2D eigenvalue weighted by molar-refractivity contribution is 0.252. The molecular formula is C24H35N3O2S. The molecule has 0 radical (unpaired) electrons. The maximum atomic E-state index is 13.2. The first-order valence-electron chi connectivity index (χ1n) is 10.7. The van der Waals surface area contributed by atoms with Gasteiger partial charge in [-0.1, -0.05) is 61.4 Å². The van der Waals surface area contributed by atoms with Gasteiger partial charge in [0, 0.05) is 13.1 Å². The van der Waals surface area contributed by atoms with E-state index in [-0.39, 0.29) is 10.9 Å². The van der Waals surface area contributed by atoms with E-state index >= 15 is 0 Å². The largest absolute Gasteiger partial charge is 0.358 e. The minimum Gasteiger partial charge on any atom is -0.358 e. The Morgan fingerprint density at radius 3 is 1.70 bits per heavy atom. The van der Waals surface area contributed by atoms with Crippen molar-refractivity contribution in [3.8, 4) is 0 Å². The molecule has 0 amide bonds. The molecule has 2 rings (SSSR count). The molecule has 2 aromatic carbocycles. The smallest absolute Gasteiger partial charge is 0.284 e. The van der Waals surface area contributed by atoms with Crippen LogP contribution in [0, 0.1) is 13.8 Å². The Balaban J connectivity index is 2.70. The highest BCUT2D eigenvalue weighted by molar-refractivity contribution is 7.90. The van der Waals surface area contributed by atoms with Crippen LogP contribution in [0.4, 0.5) is 0 Å². The third-order valence-electron chi connectivity index (χ3n) is 5.44. The fraction of sp³-hybridized carbons (Fsp3) is 0.458. The lowest BCUT2D eigenvalue weighted by atomic mass is 10.0. The summed E-state index contributed by atoms with van der Waals surface area (Å²) in [5, 5.41) is 0. The highest BCUT2D eigenvalue weighted by Crippen LogP contribution is 2.27. The fourth-order valence-corrected chi connectivity index (χ4v) is 4.62. The molecule has 2 aromatic rings. The van der Waals surface area contributed by atoms with Gasteiger partial charge >= 0.3 is 0 Å². The molecule has 5 nitrogen and oxygen atoms in total. The Bertz CT molecular complexity index is 927. The number of sulfonamides is 1. The summed E-state index contributed by atoms with van der Waals surface area (Å²) in [6, 6.07) is 14.9. The quantitative estimate of drug-likeness (QED) is 0.424. The van der Waals surface area contributed by atoms with Crippen LogP contribution in [-0.2, 0) is 10.0 Å². The van der Waals surface area contributed by atoms with Crippen molar-refractivity contribution in [2.75, 3.05) is 26.2 Å². The molecule has 0 aliphatic heterocycles. The third-order valence-corrected chi connectivity index (χ3v) is 6.73. The molecule has 0 spiro atoms. The van der Waals surface area contributed by atoms with Gasteiger partial charge in [0.15, 0.2) is 0 Å². The van der Waals surface area contributed by atoms with E-state index in [1.165, 1.54) is 5.56 Å². The number of benzene rings is 2. The first-order valence-corrected chi connectivity index (χ1v) is 12.2. The molecule has 1 atom stereocenters. The second-order valence-electron chi connectivity index (χ2n) is 7.44. The van der Waals surface area contributed by atoms with Gasteiger partial charge in [0.2, 0.25) is 0 Å². The van der Waals surface area contributed by atoms with Crippen molar-refractivity contribution in [3.05, 3.63) is 65.2 Å². The number of hydrogen-bond acceptors (Lipinski definition) is 3. The topological polar surface area (TPSA) is 53.0 Å². The first kappa shape index (κ1) is 24.1. The van der Waals surface area contributed by atoms with Crippen molar-refractivity contribution in [2.24, 2.45) is 4.40 Å². The zero-order valence-corrected chi connectivity index (χ0v) is 19.9. The summed E-state index contributed by atoms with van der Waals surface area (Å²) in [4.78, 5) is 4.53. The highest BCUT2D eigenvalue weighted by Gasteiger charge is 2.29. The summed E-state index contributed by atoms with van der Waals surface area (Å²) in [6.07, 6.45) is 0. The van der Waals surface area contributed by atoms with Gasteiger partial charge < -0.3 is 4.90 Å². The Morgan fingerprint density at radius 1 is 0.800 bits per heavy atom. The SMILES string of the molecule is CCN(CC)/C(=N\S(=O)(=O)c1ccc(C)cc1)C(c1ccc(C)cc1)N(CC)CC. The Kier molecular flexibility index (Phi) is 8.62. The molecule has 0 fully saturated rings. The zero-order valence-electron chi connectivity index (χ0n) is 19.1. The predicted molar refractivity (Wildman–Crippen MR) is 126 cm³/mol. The van der Waals surface area contributed by atoms with Gasteiger partial charge in [-0.2, -0.15) is 8.42 Å².